The molecule has 0 amide bonds. The van der Waals surface area contributed by atoms with Crippen molar-refractivity contribution >= 4 is 41.3 Å². The van der Waals surface area contributed by atoms with Crippen LogP contribution in [0.5, 0.6) is 0 Å². The summed E-state index contributed by atoms with van der Waals surface area (Å²) in [5.74, 6) is 0.780. The van der Waals surface area contributed by atoms with Gasteiger partial charge in [-0.15, -0.1) is 35.3 Å². The normalized spacial score (nSPS) is 11.4. The number of rotatable bonds is 6. The van der Waals surface area contributed by atoms with Crippen molar-refractivity contribution in [3.05, 3.63) is 64.4 Å². The maximum Gasteiger partial charge on any atom is 0.191 e. The first kappa shape index (κ1) is 22.3. The summed E-state index contributed by atoms with van der Waals surface area (Å²) in [6.45, 7) is 5.33. The molecule has 0 aliphatic carbocycles. The highest BCUT2D eigenvalue weighted by atomic mass is 127. The lowest BCUT2D eigenvalue weighted by molar-refractivity contribution is 0.615. The van der Waals surface area contributed by atoms with Gasteiger partial charge in [-0.05, 0) is 23.6 Å². The zero-order valence-electron chi connectivity index (χ0n) is 16.0. The third-order valence-electron chi connectivity index (χ3n) is 4.05. The number of nitrogens with one attached hydrogen (secondary N) is 2. The first-order valence-electron chi connectivity index (χ1n) is 8.72. The average molecular weight is 514 g/mol. The van der Waals surface area contributed by atoms with Gasteiger partial charge in [-0.3, -0.25) is 4.99 Å². The molecule has 2 N–H and O–H groups in total. The van der Waals surface area contributed by atoms with Crippen molar-refractivity contribution in [3.8, 4) is 5.69 Å². The Morgan fingerprint density at radius 1 is 1.29 bits per heavy atom. The van der Waals surface area contributed by atoms with E-state index in [0.29, 0.717) is 30.7 Å². The number of thiazole rings is 1. The second kappa shape index (κ2) is 10.5. The molecule has 150 valence electrons. The smallest absolute Gasteiger partial charge is 0.191 e. The second-order valence-electron chi connectivity index (χ2n) is 6.36. The van der Waals surface area contributed by atoms with Gasteiger partial charge in [-0.1, -0.05) is 19.9 Å². The molecular formula is C19H24FIN6S. The molecule has 2 aromatic heterocycles. The minimum Gasteiger partial charge on any atom is -0.352 e. The summed E-state index contributed by atoms with van der Waals surface area (Å²) in [4.78, 5) is 12.7. The fourth-order valence-corrected chi connectivity index (χ4v) is 3.40. The summed E-state index contributed by atoms with van der Waals surface area (Å²) in [5, 5.41) is 9.53. The van der Waals surface area contributed by atoms with Crippen molar-refractivity contribution in [1.82, 2.24) is 25.2 Å². The first-order chi connectivity index (χ1) is 13.1. The fraction of sp³-hybridized carbons (Fsp3) is 0.316. The van der Waals surface area contributed by atoms with E-state index in [1.54, 1.807) is 47.7 Å². The lowest BCUT2D eigenvalue weighted by Crippen LogP contribution is -2.36. The largest absolute Gasteiger partial charge is 0.352 e. The maximum absolute atomic E-state index is 14.3. The molecule has 0 aliphatic heterocycles. The molecule has 2 heterocycles. The third-order valence-corrected chi connectivity index (χ3v) is 4.91. The van der Waals surface area contributed by atoms with Gasteiger partial charge in [0, 0.05) is 31.4 Å². The van der Waals surface area contributed by atoms with Gasteiger partial charge in [-0.2, -0.15) is 0 Å². The van der Waals surface area contributed by atoms with Crippen molar-refractivity contribution in [2.75, 3.05) is 7.05 Å². The van der Waals surface area contributed by atoms with Crippen LogP contribution in [0, 0.1) is 5.82 Å². The summed E-state index contributed by atoms with van der Waals surface area (Å²) < 4.78 is 16.0. The van der Waals surface area contributed by atoms with Crippen LogP contribution in [0.2, 0.25) is 0 Å². The van der Waals surface area contributed by atoms with Crippen LogP contribution in [-0.4, -0.2) is 27.5 Å². The lowest BCUT2D eigenvalue weighted by atomic mass is 10.2. The second-order valence-corrected chi connectivity index (χ2v) is 7.30. The van der Waals surface area contributed by atoms with E-state index in [9.17, 15) is 4.39 Å². The van der Waals surface area contributed by atoms with E-state index >= 15 is 0 Å². The van der Waals surface area contributed by atoms with Gasteiger partial charge in [0.1, 0.15) is 10.8 Å². The van der Waals surface area contributed by atoms with Crippen molar-refractivity contribution < 1.29 is 4.39 Å². The Bertz CT molecular complexity index is 907. The molecule has 0 atom stereocenters. The number of benzene rings is 1. The maximum atomic E-state index is 14.3. The minimum absolute atomic E-state index is 0. The van der Waals surface area contributed by atoms with Gasteiger partial charge in [-0.25, -0.2) is 14.4 Å². The van der Waals surface area contributed by atoms with Crippen LogP contribution in [0.3, 0.4) is 0 Å². The minimum atomic E-state index is -0.292. The van der Waals surface area contributed by atoms with Crippen LogP contribution in [0.15, 0.2) is 47.3 Å². The molecule has 0 bridgehead atoms. The number of hydrogen-bond donors (Lipinski definition) is 2. The van der Waals surface area contributed by atoms with Gasteiger partial charge < -0.3 is 15.2 Å². The van der Waals surface area contributed by atoms with Crippen LogP contribution < -0.4 is 10.6 Å². The van der Waals surface area contributed by atoms with E-state index in [1.807, 2.05) is 6.07 Å². The van der Waals surface area contributed by atoms with Crippen molar-refractivity contribution in [1.29, 1.82) is 0 Å². The highest BCUT2D eigenvalue weighted by molar-refractivity contribution is 14.0. The molecule has 6 nitrogen and oxygen atoms in total. The zero-order chi connectivity index (χ0) is 19.2. The highest BCUT2D eigenvalue weighted by Crippen LogP contribution is 2.17. The highest BCUT2D eigenvalue weighted by Gasteiger charge is 2.08. The molecule has 0 aliphatic rings. The summed E-state index contributed by atoms with van der Waals surface area (Å²) in [6.07, 6.45) is 4.91. The Kier molecular flexibility index (Phi) is 8.36. The molecule has 0 radical (unpaired) electrons. The summed E-state index contributed by atoms with van der Waals surface area (Å²) >= 11 is 1.63. The lowest BCUT2D eigenvalue weighted by Gasteiger charge is -2.12. The summed E-state index contributed by atoms with van der Waals surface area (Å²) in [5.41, 5.74) is 2.41. The van der Waals surface area contributed by atoms with E-state index in [0.717, 1.165) is 16.3 Å². The molecule has 0 saturated carbocycles. The zero-order valence-corrected chi connectivity index (χ0v) is 19.2. The van der Waals surface area contributed by atoms with E-state index in [2.05, 4.69) is 44.8 Å². The third kappa shape index (κ3) is 5.74. The Morgan fingerprint density at radius 3 is 2.68 bits per heavy atom. The van der Waals surface area contributed by atoms with Gasteiger partial charge in [0.05, 0.1) is 24.3 Å². The predicted molar refractivity (Wildman–Crippen MR) is 122 cm³/mol. The van der Waals surface area contributed by atoms with Gasteiger partial charge in [0.2, 0.25) is 0 Å². The van der Waals surface area contributed by atoms with Crippen molar-refractivity contribution in [2.24, 2.45) is 4.99 Å². The van der Waals surface area contributed by atoms with Crippen LogP contribution in [0.4, 0.5) is 4.39 Å². The molecule has 0 fully saturated rings. The van der Waals surface area contributed by atoms with Crippen LogP contribution in [-0.2, 0) is 13.1 Å². The number of imidazole rings is 1. The van der Waals surface area contributed by atoms with Crippen LogP contribution in [0.1, 0.15) is 36.0 Å². The Hall–Kier alpha value is -2.01. The summed E-state index contributed by atoms with van der Waals surface area (Å²) in [6, 6.07) is 5.15. The van der Waals surface area contributed by atoms with Gasteiger partial charge in [0.25, 0.3) is 0 Å². The summed E-state index contributed by atoms with van der Waals surface area (Å²) in [7, 11) is 1.71. The number of hydrogen-bond acceptors (Lipinski definition) is 4. The molecule has 3 aromatic rings. The van der Waals surface area contributed by atoms with E-state index < -0.39 is 0 Å². The standard InChI is InChI=1S/C19H23FN6S.HI/c1-13(2)16-11-27-18(25-16)10-24-19(21-3)23-9-14-4-5-17(15(20)8-14)26-7-6-22-12-26;/h4-8,11-13H,9-10H2,1-3H3,(H2,21,23,24);1H. The molecule has 3 rings (SSSR count). The molecule has 0 spiro atoms. The quantitative estimate of drug-likeness (QED) is 0.296. The van der Waals surface area contributed by atoms with E-state index in [1.165, 1.54) is 6.07 Å². The molecule has 0 unspecified atom stereocenters. The van der Waals surface area contributed by atoms with Crippen LogP contribution >= 0.6 is 35.3 Å². The number of nitrogens with zero attached hydrogens (tertiary/aromatic N) is 4. The van der Waals surface area contributed by atoms with E-state index in [4.69, 9.17) is 0 Å². The number of aromatic nitrogens is 3. The van der Waals surface area contributed by atoms with E-state index in [-0.39, 0.29) is 29.8 Å². The molecule has 0 saturated heterocycles. The average Bonchev–Trinajstić information content (AvgIpc) is 3.34. The topological polar surface area (TPSA) is 67.1 Å². The van der Waals surface area contributed by atoms with Gasteiger partial charge >= 0.3 is 0 Å². The molecule has 1 aromatic carbocycles. The van der Waals surface area contributed by atoms with Crippen LogP contribution in [0.25, 0.3) is 5.69 Å². The monoisotopic (exact) mass is 514 g/mol. The predicted octanol–water partition coefficient (Wildman–Crippen LogP) is 4.07. The van der Waals surface area contributed by atoms with Gasteiger partial charge in [0.15, 0.2) is 5.96 Å². The number of guanidine groups is 1. The Morgan fingerprint density at radius 2 is 2.07 bits per heavy atom. The number of aliphatic imine (C=N–C) groups is 1. The fourth-order valence-electron chi connectivity index (χ4n) is 2.51. The van der Waals surface area contributed by atoms with Crippen molar-refractivity contribution in [2.45, 2.75) is 32.9 Å². The molecule has 28 heavy (non-hydrogen) atoms. The molecular weight excluding hydrogens is 490 g/mol. The molecule has 9 heteroatoms. The first-order valence-corrected chi connectivity index (χ1v) is 9.60. The Balaban J connectivity index is 0.00000280. The number of halogens is 2. The van der Waals surface area contributed by atoms with Crippen molar-refractivity contribution in [3.63, 3.8) is 0 Å². The Labute approximate surface area is 185 Å². The SMILES string of the molecule is CN=C(NCc1ccc(-n2ccnc2)c(F)c1)NCc1nc(C(C)C)cs1.I.